The Balaban J connectivity index is 1.63. The molecular weight excluding hydrogens is 300 g/mol. The van der Waals surface area contributed by atoms with Gasteiger partial charge in [0.1, 0.15) is 17.4 Å². The lowest BCUT2D eigenvalue weighted by molar-refractivity contribution is 0.0870. The van der Waals surface area contributed by atoms with Crippen LogP contribution in [0, 0.1) is 0 Å². The number of nitrogens with one attached hydrogen (secondary N) is 2. The van der Waals surface area contributed by atoms with Crippen LogP contribution in [0.4, 0.5) is 9.80 Å². The first kappa shape index (κ1) is 14.6. The largest absolute Gasteiger partial charge is 0.458 e. The van der Waals surface area contributed by atoms with E-state index in [0.717, 1.165) is 16.0 Å². The van der Waals surface area contributed by atoms with Crippen molar-refractivity contribution in [2.75, 3.05) is 19.0 Å². The lowest BCUT2D eigenvalue weighted by atomic mass is 10.2. The van der Waals surface area contributed by atoms with Crippen LogP contribution in [0.2, 0.25) is 0 Å². The van der Waals surface area contributed by atoms with Crippen molar-refractivity contribution >= 4 is 33.3 Å². The molecular formula is C16H16N2O3S. The first-order valence-corrected chi connectivity index (χ1v) is 7.74. The summed E-state index contributed by atoms with van der Waals surface area (Å²) in [6.45, 7) is 0.327. The van der Waals surface area contributed by atoms with E-state index in [1.54, 1.807) is 7.11 Å². The Bertz CT molecular complexity index is 719. The molecule has 0 radical (unpaired) electrons. The SMILES string of the molecule is COC(CNC(=O)Nc1cccs1)c1cc2ccccc2o1. The van der Waals surface area contributed by atoms with E-state index in [2.05, 4.69) is 10.6 Å². The Morgan fingerprint density at radius 1 is 1.32 bits per heavy atom. The minimum atomic E-state index is -0.332. The molecule has 0 saturated carbocycles. The van der Waals surface area contributed by atoms with Gasteiger partial charge in [0.15, 0.2) is 0 Å². The van der Waals surface area contributed by atoms with Crippen LogP contribution in [-0.2, 0) is 4.74 Å². The zero-order valence-electron chi connectivity index (χ0n) is 12.0. The first-order valence-electron chi connectivity index (χ1n) is 6.86. The number of methoxy groups -OCH3 is 1. The van der Waals surface area contributed by atoms with Gasteiger partial charge in [0, 0.05) is 12.5 Å². The molecule has 2 heterocycles. The topological polar surface area (TPSA) is 63.5 Å². The summed E-state index contributed by atoms with van der Waals surface area (Å²) in [4.78, 5) is 11.8. The van der Waals surface area contributed by atoms with Gasteiger partial charge in [-0.25, -0.2) is 4.79 Å². The zero-order chi connectivity index (χ0) is 15.4. The van der Waals surface area contributed by atoms with Gasteiger partial charge in [-0.05, 0) is 29.6 Å². The smallest absolute Gasteiger partial charge is 0.319 e. The molecule has 5 nitrogen and oxygen atoms in total. The lowest BCUT2D eigenvalue weighted by Gasteiger charge is -2.13. The van der Waals surface area contributed by atoms with E-state index in [-0.39, 0.29) is 12.1 Å². The summed E-state index contributed by atoms with van der Waals surface area (Å²) < 4.78 is 11.2. The number of rotatable bonds is 5. The predicted octanol–water partition coefficient (Wildman–Crippen LogP) is 4.00. The van der Waals surface area contributed by atoms with Gasteiger partial charge in [0.05, 0.1) is 11.5 Å². The van der Waals surface area contributed by atoms with Gasteiger partial charge in [-0.1, -0.05) is 18.2 Å². The number of carbonyl (C=O) groups is 1. The van der Waals surface area contributed by atoms with Crippen LogP contribution in [0.15, 0.2) is 52.3 Å². The summed E-state index contributed by atoms with van der Waals surface area (Å²) in [6.07, 6.45) is -0.332. The van der Waals surface area contributed by atoms with Crippen molar-refractivity contribution in [1.82, 2.24) is 5.32 Å². The normalized spacial score (nSPS) is 12.2. The van der Waals surface area contributed by atoms with E-state index in [9.17, 15) is 4.79 Å². The summed E-state index contributed by atoms with van der Waals surface area (Å²) >= 11 is 1.47. The number of furan rings is 1. The van der Waals surface area contributed by atoms with Crippen LogP contribution in [0.3, 0.4) is 0 Å². The molecule has 0 aliphatic carbocycles. The third-order valence-corrected chi connectivity index (χ3v) is 4.04. The first-order chi connectivity index (χ1) is 10.8. The Kier molecular flexibility index (Phi) is 4.41. The number of benzene rings is 1. The highest BCUT2D eigenvalue weighted by Gasteiger charge is 2.17. The van der Waals surface area contributed by atoms with Crippen molar-refractivity contribution in [3.63, 3.8) is 0 Å². The monoisotopic (exact) mass is 316 g/mol. The molecule has 114 valence electrons. The molecule has 1 unspecified atom stereocenters. The Labute approximate surface area is 131 Å². The van der Waals surface area contributed by atoms with E-state index in [4.69, 9.17) is 9.15 Å². The molecule has 0 spiro atoms. The summed E-state index contributed by atoms with van der Waals surface area (Å²) in [7, 11) is 1.59. The molecule has 22 heavy (non-hydrogen) atoms. The molecule has 2 N–H and O–H groups in total. The number of carbonyl (C=O) groups excluding carboxylic acids is 1. The molecule has 2 aromatic heterocycles. The molecule has 0 aliphatic heterocycles. The van der Waals surface area contributed by atoms with Crippen molar-refractivity contribution in [1.29, 1.82) is 0 Å². The third-order valence-electron chi connectivity index (χ3n) is 3.25. The van der Waals surface area contributed by atoms with Crippen molar-refractivity contribution in [2.24, 2.45) is 0 Å². The van der Waals surface area contributed by atoms with Crippen LogP contribution < -0.4 is 10.6 Å². The van der Waals surface area contributed by atoms with Crippen LogP contribution in [-0.4, -0.2) is 19.7 Å². The highest BCUT2D eigenvalue weighted by molar-refractivity contribution is 7.14. The Morgan fingerprint density at radius 2 is 2.18 bits per heavy atom. The van der Waals surface area contributed by atoms with E-state index in [1.807, 2.05) is 47.8 Å². The van der Waals surface area contributed by atoms with E-state index in [0.29, 0.717) is 12.3 Å². The number of thiophene rings is 1. The molecule has 0 bridgehead atoms. The second-order valence-electron chi connectivity index (χ2n) is 4.72. The van der Waals surface area contributed by atoms with Crippen LogP contribution in [0.1, 0.15) is 11.9 Å². The van der Waals surface area contributed by atoms with Gasteiger partial charge >= 0.3 is 6.03 Å². The van der Waals surface area contributed by atoms with Crippen molar-refractivity contribution in [3.8, 4) is 0 Å². The molecule has 3 aromatic rings. The van der Waals surface area contributed by atoms with Gasteiger partial charge in [0.25, 0.3) is 0 Å². The lowest BCUT2D eigenvalue weighted by Crippen LogP contribution is -2.32. The average molecular weight is 316 g/mol. The molecule has 0 saturated heterocycles. The summed E-state index contributed by atoms with van der Waals surface area (Å²) in [6, 6.07) is 13.2. The predicted molar refractivity (Wildman–Crippen MR) is 87.3 cm³/mol. The van der Waals surface area contributed by atoms with Crippen molar-refractivity contribution in [2.45, 2.75) is 6.10 Å². The van der Waals surface area contributed by atoms with Gasteiger partial charge in [-0.2, -0.15) is 0 Å². The van der Waals surface area contributed by atoms with Gasteiger partial charge < -0.3 is 14.5 Å². The number of para-hydroxylation sites is 1. The fourth-order valence-corrected chi connectivity index (χ4v) is 2.76. The second kappa shape index (κ2) is 6.64. The van der Waals surface area contributed by atoms with Crippen LogP contribution >= 0.6 is 11.3 Å². The van der Waals surface area contributed by atoms with E-state index < -0.39 is 0 Å². The van der Waals surface area contributed by atoms with Gasteiger partial charge in [-0.15, -0.1) is 11.3 Å². The standard InChI is InChI=1S/C16H16N2O3S/c1-20-14(10-17-16(19)18-15-7-4-8-22-15)13-9-11-5-2-3-6-12(11)21-13/h2-9,14H,10H2,1H3,(H2,17,18,19). The fourth-order valence-electron chi connectivity index (χ4n) is 2.15. The number of hydrogen-bond donors (Lipinski definition) is 2. The molecule has 1 atom stereocenters. The van der Waals surface area contributed by atoms with Crippen LogP contribution in [0.5, 0.6) is 0 Å². The summed E-state index contributed by atoms with van der Waals surface area (Å²) in [5.74, 6) is 0.695. The van der Waals surface area contributed by atoms with E-state index >= 15 is 0 Å². The maximum atomic E-state index is 11.8. The van der Waals surface area contributed by atoms with E-state index in [1.165, 1.54) is 11.3 Å². The minimum Gasteiger partial charge on any atom is -0.458 e. The molecule has 0 fully saturated rings. The molecule has 2 amide bonds. The number of fused-ring (bicyclic) bond motifs is 1. The Morgan fingerprint density at radius 3 is 2.91 bits per heavy atom. The average Bonchev–Trinajstić information content (AvgIpc) is 3.16. The van der Waals surface area contributed by atoms with Gasteiger partial charge in [-0.3, -0.25) is 5.32 Å². The third kappa shape index (κ3) is 3.29. The fraction of sp³-hybridized carbons (Fsp3) is 0.188. The number of anilines is 1. The van der Waals surface area contributed by atoms with Gasteiger partial charge in [0.2, 0.25) is 0 Å². The molecule has 3 rings (SSSR count). The Hall–Kier alpha value is -2.31. The highest BCUT2D eigenvalue weighted by Crippen LogP contribution is 2.25. The number of urea groups is 1. The van der Waals surface area contributed by atoms with Crippen LogP contribution in [0.25, 0.3) is 11.0 Å². The van der Waals surface area contributed by atoms with Crippen molar-refractivity contribution < 1.29 is 13.9 Å². The second-order valence-corrected chi connectivity index (χ2v) is 5.67. The zero-order valence-corrected chi connectivity index (χ0v) is 12.9. The molecule has 6 heteroatoms. The maximum Gasteiger partial charge on any atom is 0.319 e. The highest BCUT2D eigenvalue weighted by atomic mass is 32.1. The number of ether oxygens (including phenoxy) is 1. The number of amides is 2. The van der Waals surface area contributed by atoms with Crippen molar-refractivity contribution in [3.05, 3.63) is 53.6 Å². The molecule has 1 aromatic carbocycles. The number of hydrogen-bond acceptors (Lipinski definition) is 4. The minimum absolute atomic E-state index is 0.263. The summed E-state index contributed by atoms with van der Waals surface area (Å²) in [5.41, 5.74) is 0.808. The summed E-state index contributed by atoms with van der Waals surface area (Å²) in [5, 5.41) is 9.27. The quantitative estimate of drug-likeness (QED) is 0.747. The maximum absolute atomic E-state index is 11.8. The molecule has 0 aliphatic rings.